The molecule has 1 aliphatic carbocycles. The van der Waals surface area contributed by atoms with E-state index in [2.05, 4.69) is 54.8 Å². The Hall–Kier alpha value is -2.24. The van der Waals surface area contributed by atoms with Gasteiger partial charge in [0, 0.05) is 21.1 Å². The van der Waals surface area contributed by atoms with Crippen LogP contribution in [0, 0.1) is 0 Å². The number of hydrogen-bond donors (Lipinski definition) is 1. The number of fused-ring (bicyclic) bond motifs is 2. The summed E-state index contributed by atoms with van der Waals surface area (Å²) in [5.41, 5.74) is 6.49. The van der Waals surface area contributed by atoms with Crippen molar-refractivity contribution in [1.29, 1.82) is 0 Å². The summed E-state index contributed by atoms with van der Waals surface area (Å²) in [4.78, 5) is 10.0. The van der Waals surface area contributed by atoms with Gasteiger partial charge in [-0.15, -0.1) is 11.3 Å². The lowest BCUT2D eigenvalue weighted by atomic mass is 9.89. The van der Waals surface area contributed by atoms with Crippen molar-refractivity contribution in [2.24, 2.45) is 0 Å². The molecule has 1 N–H and O–H groups in total. The maximum Gasteiger partial charge on any atom is 0.143 e. The van der Waals surface area contributed by atoms with Gasteiger partial charge in [-0.1, -0.05) is 34.1 Å². The number of aryl methyl sites for hydroxylation is 2. The number of aromatic nitrogens is 2. The SMILES string of the molecule is Brc1ccc(Nc2ncnc3scc(-c4ccc5c(c4)CCCC5)c23)cc1. The number of rotatable bonds is 3. The Morgan fingerprint density at radius 2 is 1.74 bits per heavy atom. The van der Waals surface area contributed by atoms with Crippen LogP contribution in [0.1, 0.15) is 24.0 Å². The fourth-order valence-corrected chi connectivity index (χ4v) is 4.93. The maximum atomic E-state index is 4.54. The van der Waals surface area contributed by atoms with E-state index < -0.39 is 0 Å². The first-order valence-electron chi connectivity index (χ1n) is 9.15. The van der Waals surface area contributed by atoms with Crippen LogP contribution in [0.2, 0.25) is 0 Å². The van der Waals surface area contributed by atoms with Crippen molar-refractivity contribution >= 4 is 49.0 Å². The molecule has 3 nitrogen and oxygen atoms in total. The summed E-state index contributed by atoms with van der Waals surface area (Å²) in [6.07, 6.45) is 6.63. The zero-order chi connectivity index (χ0) is 18.2. The van der Waals surface area contributed by atoms with E-state index in [0.717, 1.165) is 26.2 Å². The molecular formula is C22H18BrN3S. The van der Waals surface area contributed by atoms with E-state index in [1.54, 1.807) is 17.7 Å². The van der Waals surface area contributed by atoms with Crippen LogP contribution in [0.25, 0.3) is 21.3 Å². The number of nitrogens with zero attached hydrogens (tertiary/aromatic N) is 2. The molecule has 4 aromatic rings. The monoisotopic (exact) mass is 435 g/mol. The van der Waals surface area contributed by atoms with E-state index in [9.17, 15) is 0 Å². The number of benzene rings is 2. The molecule has 2 heterocycles. The quantitative estimate of drug-likeness (QED) is 0.386. The molecule has 0 amide bonds. The van der Waals surface area contributed by atoms with E-state index in [1.807, 2.05) is 24.3 Å². The Labute approximate surface area is 170 Å². The van der Waals surface area contributed by atoms with Gasteiger partial charge in [0.1, 0.15) is 17.0 Å². The second kappa shape index (κ2) is 7.06. The van der Waals surface area contributed by atoms with E-state index in [0.29, 0.717) is 0 Å². The first-order valence-corrected chi connectivity index (χ1v) is 10.8. The van der Waals surface area contributed by atoms with Crippen LogP contribution in [0.4, 0.5) is 11.5 Å². The molecule has 134 valence electrons. The lowest BCUT2D eigenvalue weighted by Gasteiger charge is -2.16. The molecule has 2 aromatic carbocycles. The van der Waals surface area contributed by atoms with Gasteiger partial charge in [-0.25, -0.2) is 9.97 Å². The summed E-state index contributed by atoms with van der Waals surface area (Å²) in [7, 11) is 0. The highest BCUT2D eigenvalue weighted by molar-refractivity contribution is 9.10. The van der Waals surface area contributed by atoms with Gasteiger partial charge in [-0.05, 0) is 66.6 Å². The van der Waals surface area contributed by atoms with Gasteiger partial charge in [0.2, 0.25) is 0 Å². The van der Waals surface area contributed by atoms with Crippen molar-refractivity contribution in [2.45, 2.75) is 25.7 Å². The van der Waals surface area contributed by atoms with Crippen LogP contribution < -0.4 is 5.32 Å². The van der Waals surface area contributed by atoms with Gasteiger partial charge < -0.3 is 5.32 Å². The minimum Gasteiger partial charge on any atom is -0.340 e. The highest BCUT2D eigenvalue weighted by Gasteiger charge is 2.16. The topological polar surface area (TPSA) is 37.8 Å². The molecule has 1 aliphatic rings. The lowest BCUT2D eigenvalue weighted by Crippen LogP contribution is -2.02. The van der Waals surface area contributed by atoms with Crippen LogP contribution in [0.15, 0.2) is 58.6 Å². The van der Waals surface area contributed by atoms with Crippen LogP contribution in [-0.2, 0) is 12.8 Å². The molecule has 0 unspecified atom stereocenters. The minimum atomic E-state index is 0.858. The molecule has 0 fully saturated rings. The summed E-state index contributed by atoms with van der Waals surface area (Å²) in [6, 6.07) is 15.1. The number of halogens is 1. The molecule has 0 radical (unpaired) electrons. The maximum absolute atomic E-state index is 4.54. The van der Waals surface area contributed by atoms with Gasteiger partial charge >= 0.3 is 0 Å². The second-order valence-electron chi connectivity index (χ2n) is 6.87. The van der Waals surface area contributed by atoms with Crippen molar-refractivity contribution < 1.29 is 0 Å². The predicted octanol–water partition coefficient (Wildman–Crippen LogP) is 6.74. The average Bonchev–Trinajstić information content (AvgIpc) is 3.15. The molecule has 0 saturated heterocycles. The third kappa shape index (κ3) is 3.26. The molecule has 0 saturated carbocycles. The fourth-order valence-electron chi connectivity index (χ4n) is 3.75. The lowest BCUT2D eigenvalue weighted by molar-refractivity contribution is 0.686. The third-order valence-corrected chi connectivity index (χ3v) is 6.55. The predicted molar refractivity (Wildman–Crippen MR) is 117 cm³/mol. The van der Waals surface area contributed by atoms with E-state index in [-0.39, 0.29) is 0 Å². The van der Waals surface area contributed by atoms with Crippen molar-refractivity contribution in [3.63, 3.8) is 0 Å². The van der Waals surface area contributed by atoms with Crippen molar-refractivity contribution in [3.8, 4) is 11.1 Å². The van der Waals surface area contributed by atoms with Gasteiger partial charge in [-0.3, -0.25) is 0 Å². The van der Waals surface area contributed by atoms with Gasteiger partial charge in [0.05, 0.1) is 5.39 Å². The molecule has 5 heteroatoms. The highest BCUT2D eigenvalue weighted by Crippen LogP contribution is 2.38. The zero-order valence-corrected chi connectivity index (χ0v) is 17.1. The number of hydrogen-bond acceptors (Lipinski definition) is 4. The second-order valence-corrected chi connectivity index (χ2v) is 8.65. The Kier molecular flexibility index (Phi) is 4.42. The largest absolute Gasteiger partial charge is 0.340 e. The average molecular weight is 436 g/mol. The van der Waals surface area contributed by atoms with Crippen LogP contribution >= 0.6 is 27.3 Å². The molecule has 0 atom stereocenters. The molecule has 0 spiro atoms. The van der Waals surface area contributed by atoms with Crippen molar-refractivity contribution in [3.05, 3.63) is 69.8 Å². The minimum absolute atomic E-state index is 0.858. The van der Waals surface area contributed by atoms with Gasteiger partial charge in [0.25, 0.3) is 0 Å². The van der Waals surface area contributed by atoms with Crippen LogP contribution in [-0.4, -0.2) is 9.97 Å². The van der Waals surface area contributed by atoms with Crippen molar-refractivity contribution in [2.75, 3.05) is 5.32 Å². The van der Waals surface area contributed by atoms with E-state index in [1.165, 1.54) is 47.9 Å². The Bertz CT molecular complexity index is 1120. The number of nitrogens with one attached hydrogen (secondary N) is 1. The Balaban J connectivity index is 1.60. The Morgan fingerprint density at radius 3 is 2.59 bits per heavy atom. The molecule has 2 aromatic heterocycles. The summed E-state index contributed by atoms with van der Waals surface area (Å²) >= 11 is 5.16. The summed E-state index contributed by atoms with van der Waals surface area (Å²) in [5, 5.41) is 6.77. The molecular weight excluding hydrogens is 418 g/mol. The fraction of sp³-hybridized carbons (Fsp3) is 0.182. The number of thiophene rings is 1. The number of anilines is 2. The van der Waals surface area contributed by atoms with E-state index >= 15 is 0 Å². The first kappa shape index (κ1) is 16.9. The van der Waals surface area contributed by atoms with Gasteiger partial charge in [-0.2, -0.15) is 0 Å². The van der Waals surface area contributed by atoms with Crippen molar-refractivity contribution in [1.82, 2.24) is 9.97 Å². The van der Waals surface area contributed by atoms with E-state index in [4.69, 9.17) is 0 Å². The van der Waals surface area contributed by atoms with Gasteiger partial charge in [0.15, 0.2) is 0 Å². The Morgan fingerprint density at radius 1 is 0.926 bits per heavy atom. The summed E-state index contributed by atoms with van der Waals surface area (Å²) < 4.78 is 1.06. The summed E-state index contributed by atoms with van der Waals surface area (Å²) in [6.45, 7) is 0. The molecule has 27 heavy (non-hydrogen) atoms. The third-order valence-electron chi connectivity index (χ3n) is 5.14. The zero-order valence-electron chi connectivity index (χ0n) is 14.7. The normalized spacial score (nSPS) is 13.5. The standard InChI is InChI=1S/C22H18BrN3S/c23-17-7-9-18(10-8-17)26-21-20-19(12-27-22(20)25-13-24-21)16-6-5-14-3-1-2-4-15(14)11-16/h5-13H,1-4H2,(H,24,25,26). The highest BCUT2D eigenvalue weighted by atomic mass is 79.9. The summed E-state index contributed by atoms with van der Waals surface area (Å²) in [5.74, 6) is 0.858. The smallest absolute Gasteiger partial charge is 0.143 e. The molecule has 5 rings (SSSR count). The first-order chi connectivity index (χ1) is 13.3. The van der Waals surface area contributed by atoms with Crippen LogP contribution in [0.3, 0.4) is 0 Å². The molecule has 0 aliphatic heterocycles. The molecule has 0 bridgehead atoms. The van der Waals surface area contributed by atoms with Crippen LogP contribution in [0.5, 0.6) is 0 Å².